The van der Waals surface area contributed by atoms with Gasteiger partial charge in [0.15, 0.2) is 0 Å². The Kier molecular flexibility index (Phi) is 4.12. The Morgan fingerprint density at radius 2 is 2.35 bits per heavy atom. The predicted molar refractivity (Wildman–Crippen MR) is 82.3 cm³/mol. The number of aromatic amines is 1. The smallest absolute Gasteiger partial charge is 0.126 e. The number of H-pyrrole nitrogens is 1. The molecule has 1 aliphatic rings. The molecule has 1 fully saturated rings. The summed E-state index contributed by atoms with van der Waals surface area (Å²) in [4.78, 5) is 11.5. The van der Waals surface area contributed by atoms with Crippen molar-refractivity contribution in [3.63, 3.8) is 0 Å². The number of aromatic nitrogens is 2. The molecule has 3 rings (SSSR count). The van der Waals surface area contributed by atoms with E-state index in [4.69, 9.17) is 16.3 Å². The minimum Gasteiger partial charge on any atom is -0.378 e. The molecule has 1 atom stereocenters. The second-order valence-corrected chi connectivity index (χ2v) is 6.92. The van der Waals surface area contributed by atoms with Gasteiger partial charge in [0.1, 0.15) is 5.82 Å². The van der Waals surface area contributed by atoms with Gasteiger partial charge in [0.25, 0.3) is 0 Å². The zero-order chi connectivity index (χ0) is 14.1. The van der Waals surface area contributed by atoms with E-state index in [0.29, 0.717) is 12.6 Å². The summed E-state index contributed by atoms with van der Waals surface area (Å²) >= 11 is 7.54. The van der Waals surface area contributed by atoms with Crippen LogP contribution in [0.5, 0.6) is 0 Å². The normalized spacial score (nSPS) is 20.7. The molecule has 2 aromatic heterocycles. The lowest BCUT2D eigenvalue weighted by Gasteiger charge is -2.37. The van der Waals surface area contributed by atoms with Gasteiger partial charge in [-0.2, -0.15) is 0 Å². The number of morpholine rings is 1. The number of imidazole rings is 1. The largest absolute Gasteiger partial charge is 0.378 e. The highest BCUT2D eigenvalue weighted by Crippen LogP contribution is 2.31. The van der Waals surface area contributed by atoms with Crippen molar-refractivity contribution in [3.05, 3.63) is 28.5 Å². The minimum atomic E-state index is 0.202. The van der Waals surface area contributed by atoms with Gasteiger partial charge in [-0.25, -0.2) is 4.98 Å². The van der Waals surface area contributed by atoms with Crippen LogP contribution in [-0.2, 0) is 4.74 Å². The minimum absolute atomic E-state index is 0.202. The highest BCUT2D eigenvalue weighted by atomic mass is 35.5. The van der Waals surface area contributed by atoms with E-state index in [1.165, 1.54) is 0 Å². The van der Waals surface area contributed by atoms with Crippen molar-refractivity contribution in [2.45, 2.75) is 25.9 Å². The van der Waals surface area contributed by atoms with E-state index < -0.39 is 0 Å². The Morgan fingerprint density at radius 1 is 1.50 bits per heavy atom. The lowest BCUT2D eigenvalue weighted by Crippen LogP contribution is -2.43. The SMILES string of the molecule is CC(C)N1CCOCC1c1ncc(-c2ccc(Cl)s2)[nH]1. The lowest BCUT2D eigenvalue weighted by atomic mass is 10.1. The zero-order valence-corrected chi connectivity index (χ0v) is 13.2. The first kappa shape index (κ1) is 14.1. The van der Waals surface area contributed by atoms with Crippen molar-refractivity contribution in [3.8, 4) is 10.6 Å². The maximum absolute atomic E-state index is 5.99. The van der Waals surface area contributed by atoms with Crippen molar-refractivity contribution in [1.29, 1.82) is 0 Å². The van der Waals surface area contributed by atoms with E-state index in [2.05, 4.69) is 28.7 Å². The summed E-state index contributed by atoms with van der Waals surface area (Å²) in [5.41, 5.74) is 1.02. The fourth-order valence-corrected chi connectivity index (χ4v) is 3.57. The molecule has 0 bridgehead atoms. The maximum atomic E-state index is 5.99. The second kappa shape index (κ2) is 5.85. The Balaban J connectivity index is 1.85. The third-order valence-corrected chi connectivity index (χ3v) is 4.85. The molecule has 1 saturated heterocycles. The first-order valence-corrected chi connectivity index (χ1v) is 7.98. The number of ether oxygens (including phenoxy) is 1. The van der Waals surface area contributed by atoms with Gasteiger partial charge in [-0.15, -0.1) is 11.3 Å². The number of halogens is 1. The van der Waals surface area contributed by atoms with Gasteiger partial charge in [0, 0.05) is 12.6 Å². The average Bonchev–Trinajstić information content (AvgIpc) is 3.07. The zero-order valence-electron chi connectivity index (χ0n) is 11.6. The monoisotopic (exact) mass is 311 g/mol. The molecule has 0 aliphatic carbocycles. The van der Waals surface area contributed by atoms with Gasteiger partial charge in [0.05, 0.1) is 40.4 Å². The molecule has 108 valence electrons. The van der Waals surface area contributed by atoms with Crippen LogP contribution in [0.1, 0.15) is 25.7 Å². The van der Waals surface area contributed by atoms with Crippen LogP contribution in [0.2, 0.25) is 4.34 Å². The fourth-order valence-electron chi connectivity index (χ4n) is 2.56. The molecule has 4 nitrogen and oxygen atoms in total. The van der Waals surface area contributed by atoms with Crippen molar-refractivity contribution in [2.24, 2.45) is 0 Å². The molecule has 1 N–H and O–H groups in total. The van der Waals surface area contributed by atoms with E-state index in [1.807, 2.05) is 18.3 Å². The van der Waals surface area contributed by atoms with Gasteiger partial charge in [-0.1, -0.05) is 11.6 Å². The van der Waals surface area contributed by atoms with Crippen LogP contribution in [0, 0.1) is 0 Å². The molecule has 3 heterocycles. The van der Waals surface area contributed by atoms with Gasteiger partial charge >= 0.3 is 0 Å². The van der Waals surface area contributed by atoms with E-state index in [9.17, 15) is 0 Å². The van der Waals surface area contributed by atoms with Crippen molar-refractivity contribution in [1.82, 2.24) is 14.9 Å². The van der Waals surface area contributed by atoms with E-state index in [-0.39, 0.29) is 6.04 Å². The fraction of sp³-hybridized carbons (Fsp3) is 0.500. The molecular formula is C14H18ClN3OS. The van der Waals surface area contributed by atoms with Crippen LogP contribution >= 0.6 is 22.9 Å². The quantitative estimate of drug-likeness (QED) is 0.942. The van der Waals surface area contributed by atoms with Gasteiger partial charge in [0.2, 0.25) is 0 Å². The summed E-state index contributed by atoms with van der Waals surface area (Å²) in [5.74, 6) is 0.970. The first-order chi connectivity index (χ1) is 9.65. The predicted octanol–water partition coefficient (Wildman–Crippen LogP) is 3.57. The Hall–Kier alpha value is -0.880. The van der Waals surface area contributed by atoms with Crippen molar-refractivity contribution < 1.29 is 4.74 Å². The highest BCUT2D eigenvalue weighted by Gasteiger charge is 2.28. The molecule has 0 spiro atoms. The number of nitrogens with zero attached hydrogens (tertiary/aromatic N) is 2. The summed E-state index contributed by atoms with van der Waals surface area (Å²) < 4.78 is 6.41. The average molecular weight is 312 g/mol. The summed E-state index contributed by atoms with van der Waals surface area (Å²) in [6.07, 6.45) is 1.88. The van der Waals surface area contributed by atoms with E-state index >= 15 is 0 Å². The third kappa shape index (κ3) is 2.76. The molecule has 2 aromatic rings. The highest BCUT2D eigenvalue weighted by molar-refractivity contribution is 7.19. The summed E-state index contributed by atoms with van der Waals surface area (Å²) in [7, 11) is 0. The molecule has 1 unspecified atom stereocenters. The van der Waals surface area contributed by atoms with Crippen molar-refractivity contribution >= 4 is 22.9 Å². The Labute approximate surface area is 127 Å². The van der Waals surface area contributed by atoms with Gasteiger partial charge in [-0.05, 0) is 26.0 Å². The molecule has 0 aromatic carbocycles. The summed E-state index contributed by atoms with van der Waals surface area (Å²) in [6, 6.07) is 4.61. The Bertz CT molecular complexity index is 580. The second-order valence-electron chi connectivity index (χ2n) is 5.21. The third-order valence-electron chi connectivity index (χ3n) is 3.58. The molecule has 0 radical (unpaired) electrons. The topological polar surface area (TPSA) is 41.1 Å². The van der Waals surface area contributed by atoms with Crippen LogP contribution in [0.3, 0.4) is 0 Å². The Morgan fingerprint density at radius 3 is 3.05 bits per heavy atom. The van der Waals surface area contributed by atoms with Crippen LogP contribution in [0.25, 0.3) is 10.6 Å². The summed E-state index contributed by atoms with van der Waals surface area (Å²) in [6.45, 7) is 6.85. The molecule has 20 heavy (non-hydrogen) atoms. The van der Waals surface area contributed by atoms with E-state index in [1.54, 1.807) is 11.3 Å². The summed E-state index contributed by atoms with van der Waals surface area (Å²) in [5, 5.41) is 0. The molecule has 6 heteroatoms. The van der Waals surface area contributed by atoms with Gasteiger partial charge < -0.3 is 9.72 Å². The van der Waals surface area contributed by atoms with Crippen molar-refractivity contribution in [2.75, 3.05) is 19.8 Å². The standard InChI is InChI=1S/C14H18ClN3OS/c1-9(2)18-5-6-19-8-11(18)14-16-7-10(17-14)12-3-4-13(15)20-12/h3-4,7,9,11H,5-6,8H2,1-2H3,(H,16,17). The van der Waals surface area contributed by atoms with Crippen LogP contribution in [-0.4, -0.2) is 40.7 Å². The van der Waals surface area contributed by atoms with E-state index in [0.717, 1.165) is 33.9 Å². The maximum Gasteiger partial charge on any atom is 0.126 e. The molecular weight excluding hydrogens is 294 g/mol. The first-order valence-electron chi connectivity index (χ1n) is 6.79. The number of nitrogens with one attached hydrogen (secondary N) is 1. The van der Waals surface area contributed by atoms with Crippen LogP contribution in [0.4, 0.5) is 0 Å². The number of thiophene rings is 1. The lowest BCUT2D eigenvalue weighted by molar-refractivity contribution is -0.0262. The molecule has 0 amide bonds. The molecule has 0 saturated carbocycles. The van der Waals surface area contributed by atoms with Crippen LogP contribution in [0.15, 0.2) is 18.3 Å². The number of rotatable bonds is 3. The number of hydrogen-bond donors (Lipinski definition) is 1. The van der Waals surface area contributed by atoms with Gasteiger partial charge in [-0.3, -0.25) is 4.90 Å². The van der Waals surface area contributed by atoms with Crippen LogP contribution < -0.4 is 0 Å². The number of hydrogen-bond acceptors (Lipinski definition) is 4. The molecule has 1 aliphatic heterocycles.